The Balaban J connectivity index is 1.73. The smallest absolute Gasteiger partial charge is 0.165 e. The average Bonchev–Trinajstić information content (AvgIpc) is 3.39. The molecule has 0 saturated heterocycles. The molecule has 0 N–H and O–H groups in total. The van der Waals surface area contributed by atoms with Crippen LogP contribution < -0.4 is 9.47 Å². The minimum atomic E-state index is 0.148. The van der Waals surface area contributed by atoms with Crippen LogP contribution in [-0.4, -0.2) is 45.9 Å². The van der Waals surface area contributed by atoms with Gasteiger partial charge in [-0.05, 0) is 58.0 Å². The van der Waals surface area contributed by atoms with Crippen LogP contribution in [0, 0.1) is 0 Å². The Hall–Kier alpha value is -2.45. The molecular weight excluding hydrogens is 374 g/mol. The molecule has 0 amide bonds. The maximum atomic E-state index is 5.58. The molecule has 28 heavy (non-hydrogen) atoms. The second-order valence-corrected chi connectivity index (χ2v) is 7.84. The van der Waals surface area contributed by atoms with E-state index in [0.29, 0.717) is 6.54 Å². The summed E-state index contributed by atoms with van der Waals surface area (Å²) in [6.07, 6.45) is 1.96. The van der Waals surface area contributed by atoms with Gasteiger partial charge in [-0.3, -0.25) is 4.90 Å². The molecule has 1 unspecified atom stereocenters. The Bertz CT molecular complexity index is 925. The van der Waals surface area contributed by atoms with Crippen molar-refractivity contribution in [1.82, 2.24) is 25.1 Å². The summed E-state index contributed by atoms with van der Waals surface area (Å²) in [5, 5.41) is 14.4. The lowest BCUT2D eigenvalue weighted by Crippen LogP contribution is -2.36. The molecule has 0 saturated carbocycles. The van der Waals surface area contributed by atoms with E-state index < -0.39 is 0 Å². The van der Waals surface area contributed by atoms with E-state index in [4.69, 9.17) is 9.47 Å². The van der Waals surface area contributed by atoms with Crippen molar-refractivity contribution in [3.8, 4) is 11.5 Å². The van der Waals surface area contributed by atoms with E-state index in [0.717, 1.165) is 43.3 Å². The van der Waals surface area contributed by atoms with Crippen molar-refractivity contribution < 1.29 is 9.47 Å². The number of nitrogens with zero attached hydrogens (tertiary/aromatic N) is 5. The molecule has 0 aliphatic carbocycles. The molecule has 7 nitrogen and oxygen atoms in total. The zero-order valence-electron chi connectivity index (χ0n) is 16.5. The molecule has 0 radical (unpaired) electrons. The topological polar surface area (TPSA) is 65.3 Å². The second kappa shape index (κ2) is 8.28. The third kappa shape index (κ3) is 3.49. The summed E-state index contributed by atoms with van der Waals surface area (Å²) in [6, 6.07) is 8.69. The second-order valence-electron chi connectivity index (χ2n) is 6.86. The summed E-state index contributed by atoms with van der Waals surface area (Å²) in [6.45, 7) is 4.62. The van der Waals surface area contributed by atoms with Crippen molar-refractivity contribution in [2.24, 2.45) is 0 Å². The number of methoxy groups -OCH3 is 2. The molecular formula is C20H25N5O2S. The van der Waals surface area contributed by atoms with E-state index in [1.54, 1.807) is 25.6 Å². The number of hydrogen-bond donors (Lipinski definition) is 0. The van der Waals surface area contributed by atoms with Crippen molar-refractivity contribution >= 4 is 11.3 Å². The molecule has 0 spiro atoms. The van der Waals surface area contributed by atoms with Crippen LogP contribution in [0.5, 0.6) is 11.5 Å². The fraction of sp³-hybridized carbons (Fsp3) is 0.450. The molecule has 0 bridgehead atoms. The summed E-state index contributed by atoms with van der Waals surface area (Å²) in [7, 11) is 3.37. The zero-order chi connectivity index (χ0) is 19.5. The first-order chi connectivity index (χ1) is 13.7. The molecule has 1 aliphatic heterocycles. The molecule has 8 heteroatoms. The largest absolute Gasteiger partial charge is 0.493 e. The van der Waals surface area contributed by atoms with Crippen LogP contribution >= 0.6 is 11.3 Å². The summed E-state index contributed by atoms with van der Waals surface area (Å²) >= 11 is 1.78. The highest BCUT2D eigenvalue weighted by atomic mass is 32.1. The predicted octanol–water partition coefficient (Wildman–Crippen LogP) is 3.31. The van der Waals surface area contributed by atoms with Gasteiger partial charge in [0.05, 0.1) is 26.8 Å². The number of aromatic nitrogens is 4. The number of thiophene rings is 1. The average molecular weight is 400 g/mol. The van der Waals surface area contributed by atoms with Gasteiger partial charge in [-0.15, -0.1) is 16.4 Å². The van der Waals surface area contributed by atoms with Gasteiger partial charge in [0.25, 0.3) is 0 Å². The zero-order valence-corrected chi connectivity index (χ0v) is 17.3. The Morgan fingerprint density at radius 1 is 1.21 bits per heavy atom. The maximum absolute atomic E-state index is 5.58. The molecule has 1 aliphatic rings. The minimum absolute atomic E-state index is 0.148. The fourth-order valence-electron chi connectivity index (χ4n) is 3.85. The Labute approximate surface area is 168 Å². The standard InChI is InChI=1S/C20H25N5O2S/c1-4-8-25-19(21-22-23-25)13-24-9-7-14-11-16(26-2)17(27-3)12-15(14)20(24)18-6-5-10-28-18/h5-6,10-12,20H,4,7-9,13H2,1-3H3. The fourth-order valence-corrected chi connectivity index (χ4v) is 4.73. The SMILES string of the molecule is CCCn1nnnc1CN1CCc2cc(OC)c(OC)cc2C1c1cccs1. The van der Waals surface area contributed by atoms with Crippen LogP contribution in [0.2, 0.25) is 0 Å². The predicted molar refractivity (Wildman–Crippen MR) is 108 cm³/mol. The monoisotopic (exact) mass is 399 g/mol. The molecule has 1 atom stereocenters. The highest BCUT2D eigenvalue weighted by Crippen LogP contribution is 2.42. The lowest BCUT2D eigenvalue weighted by molar-refractivity contribution is 0.197. The number of rotatable bonds is 7. The lowest BCUT2D eigenvalue weighted by Gasteiger charge is -2.37. The third-order valence-corrected chi connectivity index (χ3v) is 6.10. The number of fused-ring (bicyclic) bond motifs is 1. The summed E-state index contributed by atoms with van der Waals surface area (Å²) in [5.74, 6) is 2.46. The van der Waals surface area contributed by atoms with Crippen LogP contribution in [0.15, 0.2) is 29.6 Å². The molecule has 2 aromatic heterocycles. The van der Waals surface area contributed by atoms with Gasteiger partial charge in [-0.1, -0.05) is 13.0 Å². The van der Waals surface area contributed by atoms with Crippen LogP contribution in [-0.2, 0) is 19.5 Å². The molecule has 0 fully saturated rings. The van der Waals surface area contributed by atoms with Crippen molar-refractivity contribution in [3.05, 3.63) is 51.5 Å². The Morgan fingerprint density at radius 3 is 2.75 bits per heavy atom. The normalized spacial score (nSPS) is 16.8. The van der Waals surface area contributed by atoms with Crippen molar-refractivity contribution in [2.45, 2.75) is 38.9 Å². The van der Waals surface area contributed by atoms with Crippen LogP contribution in [0.25, 0.3) is 0 Å². The van der Waals surface area contributed by atoms with Crippen molar-refractivity contribution in [2.75, 3.05) is 20.8 Å². The van der Waals surface area contributed by atoms with Crippen LogP contribution in [0.1, 0.15) is 41.2 Å². The van der Waals surface area contributed by atoms with Gasteiger partial charge < -0.3 is 9.47 Å². The van der Waals surface area contributed by atoms with E-state index in [9.17, 15) is 0 Å². The van der Waals surface area contributed by atoms with Crippen LogP contribution in [0.3, 0.4) is 0 Å². The number of benzene rings is 1. The quantitative estimate of drug-likeness (QED) is 0.607. The summed E-state index contributed by atoms with van der Waals surface area (Å²) < 4.78 is 13.0. The molecule has 148 valence electrons. The van der Waals surface area contributed by atoms with E-state index >= 15 is 0 Å². The minimum Gasteiger partial charge on any atom is -0.493 e. The highest BCUT2D eigenvalue weighted by molar-refractivity contribution is 7.10. The third-order valence-electron chi connectivity index (χ3n) is 5.17. The summed E-state index contributed by atoms with van der Waals surface area (Å²) in [5.41, 5.74) is 2.57. The number of hydrogen-bond acceptors (Lipinski definition) is 7. The van der Waals surface area contributed by atoms with Gasteiger partial charge >= 0.3 is 0 Å². The first-order valence-electron chi connectivity index (χ1n) is 9.52. The Kier molecular flexibility index (Phi) is 5.59. The van der Waals surface area contributed by atoms with E-state index in [2.05, 4.69) is 57.0 Å². The number of tetrazole rings is 1. The van der Waals surface area contributed by atoms with Gasteiger partial charge in [-0.2, -0.15) is 0 Å². The maximum Gasteiger partial charge on any atom is 0.165 e. The number of ether oxygens (including phenoxy) is 2. The van der Waals surface area contributed by atoms with Gasteiger partial charge in [0.1, 0.15) is 0 Å². The molecule has 4 rings (SSSR count). The van der Waals surface area contributed by atoms with Gasteiger partial charge in [0.15, 0.2) is 17.3 Å². The van der Waals surface area contributed by atoms with Crippen molar-refractivity contribution in [3.63, 3.8) is 0 Å². The molecule has 3 heterocycles. The van der Waals surface area contributed by atoms with E-state index in [1.807, 2.05) is 4.68 Å². The van der Waals surface area contributed by atoms with E-state index in [-0.39, 0.29) is 6.04 Å². The summed E-state index contributed by atoms with van der Waals surface area (Å²) in [4.78, 5) is 3.76. The van der Waals surface area contributed by atoms with Crippen LogP contribution in [0.4, 0.5) is 0 Å². The first kappa shape index (κ1) is 18.9. The van der Waals surface area contributed by atoms with E-state index in [1.165, 1.54) is 16.0 Å². The van der Waals surface area contributed by atoms with Gasteiger partial charge in [0, 0.05) is 18.0 Å². The Morgan fingerprint density at radius 2 is 2.04 bits per heavy atom. The van der Waals surface area contributed by atoms with Gasteiger partial charge in [-0.25, -0.2) is 4.68 Å². The van der Waals surface area contributed by atoms with Gasteiger partial charge in [0.2, 0.25) is 0 Å². The molecule has 3 aromatic rings. The van der Waals surface area contributed by atoms with Crippen molar-refractivity contribution in [1.29, 1.82) is 0 Å². The number of aryl methyl sites for hydroxylation is 1. The lowest BCUT2D eigenvalue weighted by atomic mass is 9.91. The molecule has 1 aromatic carbocycles. The first-order valence-corrected chi connectivity index (χ1v) is 10.4. The highest BCUT2D eigenvalue weighted by Gasteiger charge is 2.32.